The fraction of sp³-hybridized carbons (Fsp3) is 0.500. The molecule has 0 bridgehead atoms. The van der Waals surface area contributed by atoms with Gasteiger partial charge in [-0.15, -0.1) is 11.3 Å². The molecule has 2 rings (SSSR count). The molecule has 0 aliphatic heterocycles. The number of rotatable bonds is 8. The van der Waals surface area contributed by atoms with Crippen molar-refractivity contribution in [1.29, 1.82) is 0 Å². The highest BCUT2D eigenvalue weighted by molar-refractivity contribution is 7.20. The molecular weight excluding hydrogens is 348 g/mol. The number of fused-ring (bicyclic) bond motifs is 1. The van der Waals surface area contributed by atoms with E-state index >= 15 is 0 Å². The highest BCUT2D eigenvalue weighted by atomic mass is 32.1. The molecule has 0 N–H and O–H groups in total. The smallest absolute Gasteiger partial charge is 0.348 e. The fourth-order valence-corrected chi connectivity index (χ4v) is 3.24. The van der Waals surface area contributed by atoms with Crippen LogP contribution >= 0.6 is 11.3 Å². The third-order valence-electron chi connectivity index (χ3n) is 3.37. The zero-order valence-electron chi connectivity index (χ0n) is 14.4. The number of aromatic nitrogens is 2. The van der Waals surface area contributed by atoms with E-state index in [1.807, 2.05) is 6.92 Å². The van der Waals surface area contributed by atoms with Crippen molar-refractivity contribution in [2.45, 2.75) is 27.3 Å². The molecule has 8 nitrogen and oxygen atoms in total. The molecule has 25 heavy (non-hydrogen) atoms. The molecule has 0 aromatic carbocycles. The zero-order chi connectivity index (χ0) is 18.4. The van der Waals surface area contributed by atoms with Crippen LogP contribution in [0.1, 0.15) is 29.1 Å². The predicted molar refractivity (Wildman–Crippen MR) is 92.0 cm³/mol. The van der Waals surface area contributed by atoms with Gasteiger partial charge in [-0.1, -0.05) is 0 Å². The third-order valence-corrected chi connectivity index (χ3v) is 4.55. The minimum Gasteiger partial charge on any atom is -0.462 e. The van der Waals surface area contributed by atoms with E-state index in [0.717, 1.165) is 11.3 Å². The summed E-state index contributed by atoms with van der Waals surface area (Å²) in [5.74, 6) is -1.04. The second-order valence-corrected chi connectivity index (χ2v) is 6.05. The maximum atomic E-state index is 12.6. The van der Waals surface area contributed by atoms with Crippen molar-refractivity contribution in [3.8, 4) is 0 Å². The summed E-state index contributed by atoms with van der Waals surface area (Å²) >= 11 is 1.10. The Bertz CT molecular complexity index is 826. The van der Waals surface area contributed by atoms with E-state index in [2.05, 4.69) is 4.98 Å². The van der Waals surface area contributed by atoms with Gasteiger partial charge in [0.2, 0.25) is 0 Å². The molecule has 0 aliphatic carbocycles. The van der Waals surface area contributed by atoms with Crippen LogP contribution in [0.25, 0.3) is 10.2 Å². The molecule has 0 saturated carbocycles. The van der Waals surface area contributed by atoms with Gasteiger partial charge in [-0.3, -0.25) is 14.2 Å². The average molecular weight is 368 g/mol. The lowest BCUT2D eigenvalue weighted by molar-refractivity contribution is -0.145. The lowest BCUT2D eigenvalue weighted by Gasteiger charge is -2.07. The number of carbonyl (C=O) groups excluding carboxylic acids is 2. The van der Waals surface area contributed by atoms with Gasteiger partial charge in [0, 0.05) is 6.61 Å². The van der Waals surface area contributed by atoms with Crippen molar-refractivity contribution in [3.05, 3.63) is 27.1 Å². The second-order valence-electron chi connectivity index (χ2n) is 5.05. The average Bonchev–Trinajstić information content (AvgIpc) is 2.92. The normalized spacial score (nSPS) is 10.8. The molecule has 136 valence electrons. The number of thiophene rings is 1. The van der Waals surface area contributed by atoms with Gasteiger partial charge in [0.1, 0.15) is 22.9 Å². The van der Waals surface area contributed by atoms with Crippen LogP contribution in [0.2, 0.25) is 0 Å². The molecule has 0 aliphatic rings. The van der Waals surface area contributed by atoms with E-state index in [0.29, 0.717) is 33.9 Å². The summed E-state index contributed by atoms with van der Waals surface area (Å²) in [6.45, 7) is 6.19. The Balaban J connectivity index is 2.21. The van der Waals surface area contributed by atoms with Gasteiger partial charge in [0.05, 0.1) is 24.9 Å². The van der Waals surface area contributed by atoms with Gasteiger partial charge in [-0.2, -0.15) is 0 Å². The molecule has 0 unspecified atom stereocenters. The maximum absolute atomic E-state index is 12.6. The lowest BCUT2D eigenvalue weighted by atomic mass is 10.2. The molecule has 0 fully saturated rings. The van der Waals surface area contributed by atoms with Crippen molar-refractivity contribution in [2.75, 3.05) is 26.4 Å². The molecule has 0 amide bonds. The van der Waals surface area contributed by atoms with Gasteiger partial charge in [0.25, 0.3) is 5.56 Å². The standard InChI is InChI=1S/C16H20N2O6S/c1-4-22-6-7-24-11(19)8-18-9-17-14-12(15(18)20)10(3)13(25-14)16(21)23-5-2/h9H,4-8H2,1-3H3. The van der Waals surface area contributed by atoms with Gasteiger partial charge >= 0.3 is 11.9 Å². The molecule has 2 aromatic rings. The van der Waals surface area contributed by atoms with E-state index < -0.39 is 17.5 Å². The van der Waals surface area contributed by atoms with Crippen LogP contribution < -0.4 is 5.56 Å². The highest BCUT2D eigenvalue weighted by Crippen LogP contribution is 2.27. The minimum atomic E-state index is -0.554. The first-order chi connectivity index (χ1) is 12.0. The topological polar surface area (TPSA) is 96.7 Å². The second kappa shape index (κ2) is 8.72. The first-order valence-corrected chi connectivity index (χ1v) is 8.70. The Morgan fingerprint density at radius 3 is 2.64 bits per heavy atom. The summed E-state index contributed by atoms with van der Waals surface area (Å²) in [4.78, 5) is 41.3. The number of aryl methyl sites for hydroxylation is 1. The first kappa shape index (κ1) is 19.1. The molecule has 2 aromatic heterocycles. The van der Waals surface area contributed by atoms with Crippen molar-refractivity contribution in [3.63, 3.8) is 0 Å². The number of nitrogens with zero attached hydrogens (tertiary/aromatic N) is 2. The summed E-state index contributed by atoms with van der Waals surface area (Å²) in [7, 11) is 0. The molecule has 0 spiro atoms. The highest BCUT2D eigenvalue weighted by Gasteiger charge is 2.20. The monoisotopic (exact) mass is 368 g/mol. The maximum Gasteiger partial charge on any atom is 0.348 e. The molecular formula is C16H20N2O6S. The van der Waals surface area contributed by atoms with Crippen LogP contribution in [0.3, 0.4) is 0 Å². The van der Waals surface area contributed by atoms with Gasteiger partial charge < -0.3 is 14.2 Å². The molecule has 0 atom stereocenters. The van der Waals surface area contributed by atoms with Gasteiger partial charge in [-0.25, -0.2) is 9.78 Å². The largest absolute Gasteiger partial charge is 0.462 e. The Morgan fingerprint density at radius 2 is 1.96 bits per heavy atom. The van der Waals surface area contributed by atoms with Crippen molar-refractivity contribution >= 4 is 33.5 Å². The SMILES string of the molecule is CCOCCOC(=O)Cn1cnc2sc(C(=O)OCC)c(C)c2c1=O. The van der Waals surface area contributed by atoms with Crippen LogP contribution in [0.15, 0.2) is 11.1 Å². The van der Waals surface area contributed by atoms with Gasteiger partial charge in [-0.05, 0) is 26.3 Å². The summed E-state index contributed by atoms with van der Waals surface area (Å²) in [6.07, 6.45) is 1.28. The molecule has 0 radical (unpaired) electrons. The molecule has 9 heteroatoms. The number of hydrogen-bond donors (Lipinski definition) is 0. The Morgan fingerprint density at radius 1 is 1.20 bits per heavy atom. The van der Waals surface area contributed by atoms with Crippen molar-refractivity contribution in [2.24, 2.45) is 0 Å². The number of esters is 2. The van der Waals surface area contributed by atoms with Crippen LogP contribution in [0.4, 0.5) is 0 Å². The van der Waals surface area contributed by atoms with Crippen LogP contribution in [0, 0.1) is 6.92 Å². The molecule has 0 saturated heterocycles. The van der Waals surface area contributed by atoms with Crippen molar-refractivity contribution in [1.82, 2.24) is 9.55 Å². The van der Waals surface area contributed by atoms with E-state index in [-0.39, 0.29) is 19.8 Å². The van der Waals surface area contributed by atoms with E-state index in [1.54, 1.807) is 13.8 Å². The van der Waals surface area contributed by atoms with E-state index in [9.17, 15) is 14.4 Å². The minimum absolute atomic E-state index is 0.127. The molecule has 2 heterocycles. The van der Waals surface area contributed by atoms with Crippen LogP contribution in [-0.4, -0.2) is 47.9 Å². The summed E-state index contributed by atoms with van der Waals surface area (Å²) in [6, 6.07) is 0. The van der Waals surface area contributed by atoms with Crippen molar-refractivity contribution < 1.29 is 23.8 Å². The van der Waals surface area contributed by atoms with Crippen LogP contribution in [0.5, 0.6) is 0 Å². The number of ether oxygens (including phenoxy) is 3. The summed E-state index contributed by atoms with van der Waals surface area (Å²) in [5.41, 5.74) is 0.117. The lowest BCUT2D eigenvalue weighted by Crippen LogP contribution is -2.26. The van der Waals surface area contributed by atoms with E-state index in [4.69, 9.17) is 14.2 Å². The Kier molecular flexibility index (Phi) is 6.65. The zero-order valence-corrected chi connectivity index (χ0v) is 15.2. The van der Waals surface area contributed by atoms with Crippen LogP contribution in [-0.2, 0) is 25.5 Å². The van der Waals surface area contributed by atoms with E-state index in [1.165, 1.54) is 10.9 Å². The third kappa shape index (κ3) is 4.43. The number of hydrogen-bond acceptors (Lipinski definition) is 8. The summed E-state index contributed by atoms with van der Waals surface area (Å²) < 4.78 is 16.2. The van der Waals surface area contributed by atoms with Gasteiger partial charge in [0.15, 0.2) is 0 Å². The Hall–Kier alpha value is -2.26. The predicted octanol–water partition coefficient (Wildman–Crippen LogP) is 1.52. The number of carbonyl (C=O) groups is 2. The summed E-state index contributed by atoms with van der Waals surface area (Å²) in [5, 5.41) is 0.317. The quantitative estimate of drug-likeness (QED) is 0.515. The Labute approximate surface area is 148 Å². The fourth-order valence-electron chi connectivity index (χ4n) is 2.21. The first-order valence-electron chi connectivity index (χ1n) is 7.88.